The Morgan fingerprint density at radius 1 is 1.42 bits per heavy atom. The van der Waals surface area contributed by atoms with Gasteiger partial charge >= 0.3 is 0 Å². The third-order valence-electron chi connectivity index (χ3n) is 2.57. The quantitative estimate of drug-likeness (QED) is 0.795. The van der Waals surface area contributed by atoms with Crippen LogP contribution in [0.25, 0.3) is 0 Å². The van der Waals surface area contributed by atoms with Crippen molar-refractivity contribution in [2.24, 2.45) is 0 Å². The number of aromatic nitrogens is 4. The lowest BCUT2D eigenvalue weighted by Gasteiger charge is -2.07. The van der Waals surface area contributed by atoms with Crippen molar-refractivity contribution >= 4 is 17.4 Å². The molecule has 7 heteroatoms. The van der Waals surface area contributed by atoms with E-state index >= 15 is 0 Å². The fraction of sp³-hybridized carbons (Fsp3) is 0.417. The number of hydrogen-bond acceptors (Lipinski definition) is 5. The lowest BCUT2D eigenvalue weighted by atomic mass is 10.2. The summed E-state index contributed by atoms with van der Waals surface area (Å²) in [6.45, 7) is 5.50. The highest BCUT2D eigenvalue weighted by atomic mass is 35.5. The van der Waals surface area contributed by atoms with Crippen LogP contribution in [-0.2, 0) is 17.9 Å². The molecule has 0 saturated carbocycles. The second-order valence-electron chi connectivity index (χ2n) is 4.00. The van der Waals surface area contributed by atoms with Crippen molar-refractivity contribution in [1.82, 2.24) is 20.2 Å². The maximum atomic E-state index is 5.96. The van der Waals surface area contributed by atoms with Crippen LogP contribution in [0.4, 0.5) is 5.82 Å². The molecule has 2 heterocycles. The first-order valence-corrected chi connectivity index (χ1v) is 6.40. The number of H-pyrrole nitrogens is 1. The van der Waals surface area contributed by atoms with Gasteiger partial charge in [-0.05, 0) is 13.8 Å². The predicted octanol–water partition coefficient (Wildman–Crippen LogP) is 2.31. The molecule has 0 atom stereocenters. The number of halogens is 1. The molecule has 2 rings (SSSR count). The smallest absolute Gasteiger partial charge is 0.158 e. The highest BCUT2D eigenvalue weighted by molar-refractivity contribution is 6.29. The first kappa shape index (κ1) is 13.8. The van der Waals surface area contributed by atoms with Crippen LogP contribution < -0.4 is 5.32 Å². The van der Waals surface area contributed by atoms with Crippen molar-refractivity contribution in [3.63, 3.8) is 0 Å². The van der Waals surface area contributed by atoms with Crippen LogP contribution in [-0.4, -0.2) is 26.8 Å². The van der Waals surface area contributed by atoms with Crippen molar-refractivity contribution < 1.29 is 4.74 Å². The monoisotopic (exact) mass is 281 g/mol. The van der Waals surface area contributed by atoms with Crippen LogP contribution >= 0.6 is 11.6 Å². The summed E-state index contributed by atoms with van der Waals surface area (Å²) < 4.78 is 5.27. The van der Waals surface area contributed by atoms with Crippen molar-refractivity contribution in [2.75, 3.05) is 11.9 Å². The van der Waals surface area contributed by atoms with Crippen molar-refractivity contribution in [2.45, 2.75) is 27.0 Å². The molecule has 0 unspecified atom stereocenters. The molecule has 2 aromatic heterocycles. The maximum absolute atomic E-state index is 5.96. The number of ether oxygens (including phenoxy) is 1. The molecule has 2 aromatic rings. The molecular formula is C12H16ClN5O. The predicted molar refractivity (Wildman–Crippen MR) is 73.0 cm³/mol. The Kier molecular flexibility index (Phi) is 4.70. The zero-order valence-electron chi connectivity index (χ0n) is 10.9. The molecule has 0 aliphatic carbocycles. The normalized spacial score (nSPS) is 10.7. The summed E-state index contributed by atoms with van der Waals surface area (Å²) in [6, 6.07) is 1.69. The number of hydrogen-bond donors (Lipinski definition) is 2. The van der Waals surface area contributed by atoms with Gasteiger partial charge in [0.1, 0.15) is 17.6 Å². The van der Waals surface area contributed by atoms with Crippen molar-refractivity contribution in [3.8, 4) is 0 Å². The van der Waals surface area contributed by atoms with E-state index in [0.29, 0.717) is 36.6 Å². The molecular weight excluding hydrogens is 266 g/mol. The fourth-order valence-electron chi connectivity index (χ4n) is 1.55. The zero-order chi connectivity index (χ0) is 13.7. The van der Waals surface area contributed by atoms with E-state index in [0.717, 1.165) is 11.3 Å². The van der Waals surface area contributed by atoms with Gasteiger partial charge in [-0.15, -0.1) is 0 Å². The minimum atomic E-state index is 0.358. The minimum absolute atomic E-state index is 0.358. The summed E-state index contributed by atoms with van der Waals surface area (Å²) in [4.78, 5) is 8.44. The Bertz CT molecular complexity index is 543. The molecule has 0 saturated heterocycles. The van der Waals surface area contributed by atoms with Crippen LogP contribution in [0.1, 0.15) is 24.0 Å². The molecule has 0 aliphatic heterocycles. The molecule has 0 radical (unpaired) electrons. The Balaban J connectivity index is 2.03. The molecule has 0 spiro atoms. The van der Waals surface area contributed by atoms with Gasteiger partial charge < -0.3 is 10.1 Å². The summed E-state index contributed by atoms with van der Waals surface area (Å²) in [6.07, 6.45) is 1.78. The summed E-state index contributed by atoms with van der Waals surface area (Å²) in [5.74, 6) is 1.25. The Morgan fingerprint density at radius 2 is 2.26 bits per heavy atom. The highest BCUT2D eigenvalue weighted by Gasteiger charge is 2.05. The lowest BCUT2D eigenvalue weighted by molar-refractivity contribution is 0.128. The third-order valence-corrected chi connectivity index (χ3v) is 2.76. The molecule has 0 bridgehead atoms. The lowest BCUT2D eigenvalue weighted by Crippen LogP contribution is -2.06. The summed E-state index contributed by atoms with van der Waals surface area (Å²) in [5.41, 5.74) is 2.11. The average molecular weight is 282 g/mol. The second-order valence-corrected chi connectivity index (χ2v) is 4.39. The average Bonchev–Trinajstić information content (AvgIpc) is 2.79. The molecule has 19 heavy (non-hydrogen) atoms. The minimum Gasteiger partial charge on any atom is -0.374 e. The molecule has 0 aliphatic rings. The van der Waals surface area contributed by atoms with E-state index in [9.17, 15) is 0 Å². The number of anilines is 1. The van der Waals surface area contributed by atoms with E-state index in [-0.39, 0.29) is 0 Å². The van der Waals surface area contributed by atoms with Crippen LogP contribution in [0.2, 0.25) is 5.15 Å². The third kappa shape index (κ3) is 3.90. The van der Waals surface area contributed by atoms with Gasteiger partial charge in [-0.3, -0.25) is 5.10 Å². The standard InChI is InChI=1S/C12H16ClN5O/c1-3-19-7-12-16-10(13)4-11(17-12)14-5-9-6-15-18-8(9)2/h4,6H,3,5,7H2,1-2H3,(H,15,18)(H,14,16,17). The van der Waals surface area contributed by atoms with E-state index in [1.54, 1.807) is 12.3 Å². The van der Waals surface area contributed by atoms with E-state index in [1.165, 1.54) is 0 Å². The van der Waals surface area contributed by atoms with E-state index in [1.807, 2.05) is 13.8 Å². The number of rotatable bonds is 6. The van der Waals surface area contributed by atoms with Gasteiger partial charge in [-0.2, -0.15) is 5.10 Å². The SMILES string of the molecule is CCOCc1nc(Cl)cc(NCc2cn[nH]c2C)n1. The Morgan fingerprint density at radius 3 is 2.95 bits per heavy atom. The number of aromatic amines is 1. The maximum Gasteiger partial charge on any atom is 0.158 e. The van der Waals surface area contributed by atoms with Gasteiger partial charge in [0.25, 0.3) is 0 Å². The van der Waals surface area contributed by atoms with E-state index in [4.69, 9.17) is 16.3 Å². The van der Waals surface area contributed by atoms with E-state index in [2.05, 4.69) is 25.5 Å². The highest BCUT2D eigenvalue weighted by Crippen LogP contribution is 2.14. The van der Waals surface area contributed by atoms with E-state index < -0.39 is 0 Å². The Labute approximate surface area is 116 Å². The molecule has 0 aromatic carbocycles. The number of nitrogens with one attached hydrogen (secondary N) is 2. The largest absolute Gasteiger partial charge is 0.374 e. The van der Waals surface area contributed by atoms with Gasteiger partial charge in [-0.1, -0.05) is 11.6 Å². The summed E-state index contributed by atoms with van der Waals surface area (Å²) in [7, 11) is 0. The van der Waals surface area contributed by atoms with Crippen molar-refractivity contribution in [1.29, 1.82) is 0 Å². The van der Waals surface area contributed by atoms with Gasteiger partial charge in [0, 0.05) is 30.5 Å². The Hall–Kier alpha value is -1.66. The van der Waals surface area contributed by atoms with Gasteiger partial charge in [0.15, 0.2) is 5.82 Å². The van der Waals surface area contributed by atoms with Gasteiger partial charge in [0.2, 0.25) is 0 Å². The molecule has 0 fully saturated rings. The van der Waals surface area contributed by atoms with Gasteiger partial charge in [0.05, 0.1) is 6.20 Å². The summed E-state index contributed by atoms with van der Waals surface area (Å²) in [5, 5.41) is 10.4. The van der Waals surface area contributed by atoms with Gasteiger partial charge in [-0.25, -0.2) is 9.97 Å². The zero-order valence-corrected chi connectivity index (χ0v) is 11.7. The van der Waals surface area contributed by atoms with Crippen LogP contribution in [0.15, 0.2) is 12.3 Å². The molecule has 2 N–H and O–H groups in total. The fourth-order valence-corrected chi connectivity index (χ4v) is 1.75. The topological polar surface area (TPSA) is 75.7 Å². The first-order chi connectivity index (χ1) is 9.19. The van der Waals surface area contributed by atoms with Crippen molar-refractivity contribution in [3.05, 3.63) is 34.5 Å². The first-order valence-electron chi connectivity index (χ1n) is 6.03. The second kappa shape index (κ2) is 6.49. The number of nitrogens with zero attached hydrogens (tertiary/aromatic N) is 3. The number of aryl methyl sites for hydroxylation is 1. The van der Waals surface area contributed by atoms with Crippen LogP contribution in [0, 0.1) is 6.92 Å². The van der Waals surface area contributed by atoms with Crippen LogP contribution in [0.3, 0.4) is 0 Å². The summed E-state index contributed by atoms with van der Waals surface area (Å²) >= 11 is 5.96. The molecule has 0 amide bonds. The molecule has 102 valence electrons. The molecule has 6 nitrogen and oxygen atoms in total. The van der Waals surface area contributed by atoms with Crippen LogP contribution in [0.5, 0.6) is 0 Å².